The van der Waals surface area contributed by atoms with Crippen LogP contribution in [0.5, 0.6) is 0 Å². The summed E-state index contributed by atoms with van der Waals surface area (Å²) in [6.07, 6.45) is 4.09. The highest BCUT2D eigenvalue weighted by molar-refractivity contribution is 9.10. The Morgan fingerprint density at radius 1 is 1.50 bits per heavy atom. The van der Waals surface area contributed by atoms with Gasteiger partial charge in [-0.25, -0.2) is 9.97 Å². The fourth-order valence-electron chi connectivity index (χ4n) is 2.23. The zero-order valence-electron chi connectivity index (χ0n) is 9.05. The first-order valence-corrected chi connectivity index (χ1v) is 6.23. The molecule has 4 nitrogen and oxygen atoms in total. The molecule has 2 N–H and O–H groups in total. The summed E-state index contributed by atoms with van der Waals surface area (Å²) in [4.78, 5) is 12.2. The molecule has 5 heteroatoms. The predicted molar refractivity (Wildman–Crippen MR) is 66.2 cm³/mol. The van der Waals surface area contributed by atoms with E-state index >= 15 is 0 Å². The van der Waals surface area contributed by atoms with Crippen LogP contribution in [0, 0.1) is 0 Å². The Morgan fingerprint density at radius 2 is 2.38 bits per heavy atom. The molecule has 0 radical (unpaired) electrons. The second-order valence-electron chi connectivity index (χ2n) is 4.47. The lowest BCUT2D eigenvalue weighted by atomic mass is 10.00. The van der Waals surface area contributed by atoms with E-state index in [-0.39, 0.29) is 5.54 Å². The Morgan fingerprint density at radius 3 is 3.12 bits per heavy atom. The molecule has 1 fully saturated rings. The number of aromatic amines is 1. The van der Waals surface area contributed by atoms with Gasteiger partial charge >= 0.3 is 0 Å². The lowest BCUT2D eigenvalue weighted by Crippen LogP contribution is -2.34. The van der Waals surface area contributed by atoms with E-state index in [0.29, 0.717) is 0 Å². The van der Waals surface area contributed by atoms with Gasteiger partial charge in [0.15, 0.2) is 5.65 Å². The van der Waals surface area contributed by atoms with E-state index in [1.54, 1.807) is 6.20 Å². The van der Waals surface area contributed by atoms with E-state index in [4.69, 9.17) is 0 Å². The summed E-state index contributed by atoms with van der Waals surface area (Å²) in [5, 5.41) is 3.49. The molecular weight excluding hydrogens is 268 g/mol. The van der Waals surface area contributed by atoms with Gasteiger partial charge in [-0.1, -0.05) is 0 Å². The normalized spacial score (nSPS) is 25.4. The second kappa shape index (κ2) is 3.53. The van der Waals surface area contributed by atoms with Crippen LogP contribution in [0.15, 0.2) is 16.7 Å². The summed E-state index contributed by atoms with van der Waals surface area (Å²) < 4.78 is 0.972. The maximum atomic E-state index is 4.56. The Bertz CT molecular complexity index is 528. The van der Waals surface area contributed by atoms with Gasteiger partial charge in [0, 0.05) is 10.7 Å². The molecule has 1 atom stereocenters. The molecule has 0 aliphatic carbocycles. The van der Waals surface area contributed by atoms with Crippen molar-refractivity contribution in [1.29, 1.82) is 0 Å². The van der Waals surface area contributed by atoms with Gasteiger partial charge in [0.2, 0.25) is 0 Å². The first kappa shape index (κ1) is 10.2. The first-order chi connectivity index (χ1) is 7.67. The number of rotatable bonds is 1. The van der Waals surface area contributed by atoms with Crippen LogP contribution in [0.1, 0.15) is 25.6 Å². The molecule has 1 saturated heterocycles. The van der Waals surface area contributed by atoms with Crippen LogP contribution in [-0.2, 0) is 5.54 Å². The van der Waals surface area contributed by atoms with Gasteiger partial charge in [0.05, 0.1) is 11.1 Å². The van der Waals surface area contributed by atoms with Crippen LogP contribution < -0.4 is 5.32 Å². The van der Waals surface area contributed by atoms with Crippen molar-refractivity contribution in [2.24, 2.45) is 0 Å². The van der Waals surface area contributed by atoms with Crippen molar-refractivity contribution < 1.29 is 0 Å². The van der Waals surface area contributed by atoms with E-state index in [1.165, 1.54) is 6.42 Å². The van der Waals surface area contributed by atoms with E-state index in [0.717, 1.165) is 34.4 Å². The van der Waals surface area contributed by atoms with Crippen LogP contribution in [-0.4, -0.2) is 21.5 Å². The first-order valence-electron chi connectivity index (χ1n) is 5.44. The molecule has 0 aromatic carbocycles. The summed E-state index contributed by atoms with van der Waals surface area (Å²) in [7, 11) is 0. The average Bonchev–Trinajstić information content (AvgIpc) is 2.84. The molecule has 2 aromatic rings. The third-order valence-electron chi connectivity index (χ3n) is 3.20. The Labute approximate surface area is 102 Å². The molecule has 3 heterocycles. The summed E-state index contributed by atoms with van der Waals surface area (Å²) in [6.45, 7) is 3.25. The predicted octanol–water partition coefficient (Wildman–Crippen LogP) is 2.32. The van der Waals surface area contributed by atoms with E-state index < -0.39 is 0 Å². The van der Waals surface area contributed by atoms with Gasteiger partial charge in [0.1, 0.15) is 5.82 Å². The third-order valence-corrected chi connectivity index (χ3v) is 3.63. The van der Waals surface area contributed by atoms with Gasteiger partial charge in [-0.3, -0.25) is 0 Å². The number of nitrogens with one attached hydrogen (secondary N) is 2. The van der Waals surface area contributed by atoms with Gasteiger partial charge < -0.3 is 10.3 Å². The smallest absolute Gasteiger partial charge is 0.177 e. The van der Waals surface area contributed by atoms with Gasteiger partial charge in [0.25, 0.3) is 0 Å². The van der Waals surface area contributed by atoms with Crippen molar-refractivity contribution in [2.75, 3.05) is 6.54 Å². The molecule has 84 valence electrons. The number of fused-ring (bicyclic) bond motifs is 1. The largest absolute Gasteiger partial charge is 0.339 e. The number of pyridine rings is 1. The number of halogens is 1. The molecule has 2 aromatic heterocycles. The molecule has 0 bridgehead atoms. The number of nitrogens with zero attached hydrogens (tertiary/aromatic N) is 2. The fourth-order valence-corrected chi connectivity index (χ4v) is 2.56. The number of hydrogen-bond donors (Lipinski definition) is 2. The molecule has 0 amide bonds. The maximum Gasteiger partial charge on any atom is 0.177 e. The van der Waals surface area contributed by atoms with Crippen LogP contribution in [0.4, 0.5) is 0 Å². The zero-order valence-corrected chi connectivity index (χ0v) is 10.6. The fraction of sp³-hybridized carbons (Fsp3) is 0.455. The van der Waals surface area contributed by atoms with Crippen LogP contribution in [0.25, 0.3) is 11.2 Å². The van der Waals surface area contributed by atoms with E-state index in [1.807, 2.05) is 6.07 Å². The minimum atomic E-state index is -0.0207. The number of H-pyrrole nitrogens is 1. The molecule has 16 heavy (non-hydrogen) atoms. The molecule has 1 unspecified atom stereocenters. The highest BCUT2D eigenvalue weighted by atomic mass is 79.9. The Balaban J connectivity index is 2.11. The topological polar surface area (TPSA) is 53.6 Å². The monoisotopic (exact) mass is 280 g/mol. The minimum absolute atomic E-state index is 0.0207. The summed E-state index contributed by atoms with van der Waals surface area (Å²) in [5.41, 5.74) is 1.75. The minimum Gasteiger partial charge on any atom is -0.339 e. The van der Waals surface area contributed by atoms with Gasteiger partial charge in [-0.05, 0) is 48.3 Å². The number of aromatic nitrogens is 3. The molecular formula is C11H13BrN4. The molecule has 1 aliphatic rings. The van der Waals surface area contributed by atoms with Crippen molar-refractivity contribution in [3.05, 3.63) is 22.6 Å². The lowest BCUT2D eigenvalue weighted by molar-refractivity contribution is 0.412. The highest BCUT2D eigenvalue weighted by Gasteiger charge is 2.33. The summed E-state index contributed by atoms with van der Waals surface area (Å²) >= 11 is 3.41. The summed E-state index contributed by atoms with van der Waals surface area (Å²) in [5.74, 6) is 0.991. The lowest BCUT2D eigenvalue weighted by Gasteiger charge is -2.20. The molecule has 1 aliphatic heterocycles. The van der Waals surface area contributed by atoms with Crippen LogP contribution >= 0.6 is 15.9 Å². The van der Waals surface area contributed by atoms with Crippen molar-refractivity contribution >= 4 is 27.1 Å². The standard InChI is InChI=1S/C11H13BrN4/c1-11(3-2-4-14-11)10-15-8-5-7(12)6-13-9(8)16-10/h5-6,14H,2-4H2,1H3,(H,13,15,16). The Hall–Kier alpha value is -0.940. The Kier molecular flexibility index (Phi) is 2.26. The van der Waals surface area contributed by atoms with Crippen molar-refractivity contribution in [1.82, 2.24) is 20.3 Å². The van der Waals surface area contributed by atoms with Crippen LogP contribution in [0.2, 0.25) is 0 Å². The van der Waals surface area contributed by atoms with Gasteiger partial charge in [-0.2, -0.15) is 0 Å². The maximum absolute atomic E-state index is 4.56. The van der Waals surface area contributed by atoms with E-state index in [2.05, 4.69) is 43.1 Å². The highest BCUT2D eigenvalue weighted by Crippen LogP contribution is 2.29. The van der Waals surface area contributed by atoms with E-state index in [9.17, 15) is 0 Å². The SMILES string of the molecule is CC1(c2nc3ncc(Br)cc3[nH]2)CCCN1. The molecule has 3 rings (SSSR count). The summed E-state index contributed by atoms with van der Waals surface area (Å²) in [6, 6.07) is 2.01. The van der Waals surface area contributed by atoms with Gasteiger partial charge in [-0.15, -0.1) is 0 Å². The molecule has 0 saturated carbocycles. The van der Waals surface area contributed by atoms with Crippen LogP contribution in [0.3, 0.4) is 0 Å². The second-order valence-corrected chi connectivity index (χ2v) is 5.39. The third kappa shape index (κ3) is 1.55. The molecule has 0 spiro atoms. The quantitative estimate of drug-likeness (QED) is 0.843. The zero-order chi connectivity index (χ0) is 11.2. The van der Waals surface area contributed by atoms with Crippen molar-refractivity contribution in [3.63, 3.8) is 0 Å². The van der Waals surface area contributed by atoms with Crippen molar-refractivity contribution in [3.8, 4) is 0 Å². The number of hydrogen-bond acceptors (Lipinski definition) is 3. The average molecular weight is 281 g/mol. The number of imidazole rings is 1. The van der Waals surface area contributed by atoms with Crippen molar-refractivity contribution in [2.45, 2.75) is 25.3 Å².